The number of piperazine rings is 1. The van der Waals surface area contributed by atoms with Crippen molar-refractivity contribution in [1.29, 1.82) is 0 Å². The normalized spacial score (nSPS) is 13.9. The molecule has 2 amide bonds. The summed E-state index contributed by atoms with van der Waals surface area (Å²) in [6.07, 6.45) is 3.52. The lowest BCUT2D eigenvalue weighted by Gasteiger charge is -2.35. The molecule has 0 bridgehead atoms. The highest BCUT2D eigenvalue weighted by molar-refractivity contribution is 9.10. The van der Waals surface area contributed by atoms with Crippen molar-refractivity contribution in [2.24, 2.45) is 0 Å². The van der Waals surface area contributed by atoms with E-state index in [-0.39, 0.29) is 11.8 Å². The van der Waals surface area contributed by atoms with E-state index in [0.29, 0.717) is 45.4 Å². The second kappa shape index (κ2) is 11.2. The van der Waals surface area contributed by atoms with E-state index in [9.17, 15) is 9.59 Å². The Morgan fingerprint density at radius 3 is 2.10 bits per heavy atom. The minimum atomic E-state index is 0.151. The van der Waals surface area contributed by atoms with E-state index in [1.807, 2.05) is 46.2 Å². The average Bonchev–Trinajstić information content (AvgIpc) is 2.78. The van der Waals surface area contributed by atoms with E-state index in [2.05, 4.69) is 28.1 Å². The molecule has 5 nitrogen and oxygen atoms in total. The Hall–Kier alpha value is -2.34. The Labute approximate surface area is 187 Å². The van der Waals surface area contributed by atoms with Gasteiger partial charge in [-0.1, -0.05) is 36.4 Å². The van der Waals surface area contributed by atoms with E-state index in [4.69, 9.17) is 4.74 Å². The van der Waals surface area contributed by atoms with Crippen LogP contribution < -0.4 is 4.74 Å². The van der Waals surface area contributed by atoms with Crippen LogP contribution in [0.4, 0.5) is 0 Å². The number of benzene rings is 2. The maximum atomic E-state index is 12.6. The van der Waals surface area contributed by atoms with Crippen molar-refractivity contribution < 1.29 is 14.3 Å². The Kier molecular flexibility index (Phi) is 8.31. The molecule has 3 rings (SSSR count). The molecule has 0 saturated carbocycles. The summed E-state index contributed by atoms with van der Waals surface area (Å²) < 4.78 is 6.14. The van der Waals surface area contributed by atoms with Gasteiger partial charge in [0.15, 0.2) is 0 Å². The Balaban J connectivity index is 1.37. The fourth-order valence-corrected chi connectivity index (χ4v) is 4.31. The first kappa shape index (κ1) is 22.3. The predicted molar refractivity (Wildman–Crippen MR) is 122 cm³/mol. The van der Waals surface area contributed by atoms with Crippen LogP contribution in [-0.4, -0.2) is 54.9 Å². The second-order valence-electron chi connectivity index (χ2n) is 7.57. The zero-order valence-electron chi connectivity index (χ0n) is 17.5. The number of methoxy groups -OCH3 is 1. The number of halogens is 1. The van der Waals surface area contributed by atoms with Gasteiger partial charge in [-0.15, -0.1) is 0 Å². The third-order valence-electron chi connectivity index (χ3n) is 5.53. The van der Waals surface area contributed by atoms with Crippen molar-refractivity contribution in [2.45, 2.75) is 32.1 Å². The van der Waals surface area contributed by atoms with Crippen LogP contribution in [0.25, 0.3) is 0 Å². The van der Waals surface area contributed by atoms with Crippen molar-refractivity contribution >= 4 is 27.7 Å². The highest BCUT2D eigenvalue weighted by atomic mass is 79.9. The van der Waals surface area contributed by atoms with Crippen LogP contribution in [0.15, 0.2) is 53.0 Å². The van der Waals surface area contributed by atoms with E-state index < -0.39 is 0 Å². The molecule has 1 heterocycles. The minimum absolute atomic E-state index is 0.151. The molecule has 1 aliphatic heterocycles. The van der Waals surface area contributed by atoms with E-state index in [0.717, 1.165) is 28.6 Å². The molecule has 1 saturated heterocycles. The molecule has 0 N–H and O–H groups in total. The fraction of sp³-hybridized carbons (Fsp3) is 0.417. The lowest BCUT2D eigenvalue weighted by molar-refractivity contribution is -0.139. The van der Waals surface area contributed by atoms with Gasteiger partial charge in [0.1, 0.15) is 5.75 Å². The first-order chi connectivity index (χ1) is 14.6. The Morgan fingerprint density at radius 1 is 0.867 bits per heavy atom. The minimum Gasteiger partial charge on any atom is -0.496 e. The maximum Gasteiger partial charge on any atom is 0.223 e. The van der Waals surface area contributed by atoms with Gasteiger partial charge >= 0.3 is 0 Å². The van der Waals surface area contributed by atoms with Gasteiger partial charge in [0.2, 0.25) is 11.8 Å². The molecular weight excluding hydrogens is 444 g/mol. The van der Waals surface area contributed by atoms with E-state index >= 15 is 0 Å². The zero-order valence-corrected chi connectivity index (χ0v) is 19.1. The number of aryl methyl sites for hydroxylation is 2. The molecule has 0 radical (unpaired) electrons. The van der Waals surface area contributed by atoms with Gasteiger partial charge in [-0.2, -0.15) is 0 Å². The van der Waals surface area contributed by atoms with Gasteiger partial charge in [0, 0.05) is 39.0 Å². The lowest BCUT2D eigenvalue weighted by Crippen LogP contribution is -2.50. The number of hydrogen-bond acceptors (Lipinski definition) is 3. The maximum absolute atomic E-state index is 12.6. The summed E-state index contributed by atoms with van der Waals surface area (Å²) in [4.78, 5) is 28.8. The number of ether oxygens (including phenoxy) is 1. The number of nitrogens with zero attached hydrogens (tertiary/aromatic N) is 2. The molecular formula is C24H29BrN2O3. The molecule has 6 heteroatoms. The van der Waals surface area contributed by atoms with Gasteiger partial charge in [-0.3, -0.25) is 9.59 Å². The molecule has 0 unspecified atom stereocenters. The second-order valence-corrected chi connectivity index (χ2v) is 8.42. The molecule has 0 atom stereocenters. The predicted octanol–water partition coefficient (Wildman–Crippen LogP) is 4.08. The highest BCUT2D eigenvalue weighted by Gasteiger charge is 2.23. The topological polar surface area (TPSA) is 49.9 Å². The third kappa shape index (κ3) is 6.33. The summed E-state index contributed by atoms with van der Waals surface area (Å²) in [7, 11) is 1.64. The van der Waals surface area contributed by atoms with Crippen LogP contribution in [-0.2, 0) is 22.4 Å². The summed E-state index contributed by atoms with van der Waals surface area (Å²) in [5.74, 6) is 1.13. The monoisotopic (exact) mass is 472 g/mol. The molecule has 2 aromatic rings. The third-order valence-corrected chi connectivity index (χ3v) is 6.15. The van der Waals surface area contributed by atoms with Crippen LogP contribution in [0.5, 0.6) is 5.75 Å². The number of hydrogen-bond donors (Lipinski definition) is 0. The molecule has 0 spiro atoms. The number of carbonyl (C=O) groups is 2. The highest BCUT2D eigenvalue weighted by Crippen LogP contribution is 2.26. The fourth-order valence-electron chi connectivity index (χ4n) is 3.73. The van der Waals surface area contributed by atoms with Crippen LogP contribution >= 0.6 is 15.9 Å². The standard InChI is InChI=1S/C24H29BrN2O3/c1-30-22-12-10-20(18-21(22)25)11-13-24(29)27-16-14-26(15-17-27)23(28)9-5-8-19-6-3-2-4-7-19/h2-4,6-7,10,12,18H,5,8-9,11,13-17H2,1H3. The van der Waals surface area contributed by atoms with Crippen molar-refractivity contribution in [3.05, 3.63) is 64.1 Å². The van der Waals surface area contributed by atoms with Crippen molar-refractivity contribution in [2.75, 3.05) is 33.3 Å². The number of amides is 2. The first-order valence-electron chi connectivity index (χ1n) is 10.5. The molecule has 1 aliphatic rings. The summed E-state index contributed by atoms with van der Waals surface area (Å²) in [6.45, 7) is 2.50. The van der Waals surface area contributed by atoms with Crippen LogP contribution in [0.3, 0.4) is 0 Å². The van der Waals surface area contributed by atoms with Gasteiger partial charge in [-0.05, 0) is 58.5 Å². The van der Waals surface area contributed by atoms with Crippen molar-refractivity contribution in [3.63, 3.8) is 0 Å². The van der Waals surface area contributed by atoms with Crippen molar-refractivity contribution in [1.82, 2.24) is 9.80 Å². The first-order valence-corrected chi connectivity index (χ1v) is 11.3. The summed E-state index contributed by atoms with van der Waals surface area (Å²) in [5.41, 5.74) is 2.37. The van der Waals surface area contributed by atoms with Crippen molar-refractivity contribution in [3.8, 4) is 5.75 Å². The SMILES string of the molecule is COc1ccc(CCC(=O)N2CCN(C(=O)CCCc3ccccc3)CC2)cc1Br. The lowest BCUT2D eigenvalue weighted by atomic mass is 10.1. The molecule has 0 aliphatic carbocycles. The summed E-state index contributed by atoms with van der Waals surface area (Å²) in [6, 6.07) is 16.2. The van der Waals surface area contributed by atoms with Crippen LogP contribution in [0.2, 0.25) is 0 Å². The number of carbonyl (C=O) groups excluding carboxylic acids is 2. The van der Waals surface area contributed by atoms with E-state index in [1.165, 1.54) is 5.56 Å². The van der Waals surface area contributed by atoms with Gasteiger partial charge < -0.3 is 14.5 Å². The smallest absolute Gasteiger partial charge is 0.223 e. The zero-order chi connectivity index (χ0) is 21.3. The number of rotatable bonds is 8. The Bertz CT molecular complexity index is 849. The van der Waals surface area contributed by atoms with Crippen LogP contribution in [0.1, 0.15) is 30.4 Å². The largest absolute Gasteiger partial charge is 0.496 e. The molecule has 160 valence electrons. The molecule has 2 aromatic carbocycles. The average molecular weight is 473 g/mol. The quantitative estimate of drug-likeness (QED) is 0.581. The Morgan fingerprint density at radius 2 is 1.50 bits per heavy atom. The van der Waals surface area contributed by atoms with Gasteiger partial charge in [-0.25, -0.2) is 0 Å². The summed E-state index contributed by atoms with van der Waals surface area (Å²) >= 11 is 3.48. The molecule has 30 heavy (non-hydrogen) atoms. The molecule has 0 aromatic heterocycles. The van der Waals surface area contributed by atoms with Gasteiger partial charge in [0.05, 0.1) is 11.6 Å². The van der Waals surface area contributed by atoms with Crippen LogP contribution in [0, 0.1) is 0 Å². The van der Waals surface area contributed by atoms with Gasteiger partial charge in [0.25, 0.3) is 0 Å². The molecule has 1 fully saturated rings. The van der Waals surface area contributed by atoms with E-state index in [1.54, 1.807) is 7.11 Å². The summed E-state index contributed by atoms with van der Waals surface area (Å²) in [5, 5.41) is 0.